The highest BCUT2D eigenvalue weighted by Gasteiger charge is 2.10. The van der Waals surface area contributed by atoms with E-state index in [-0.39, 0.29) is 12.5 Å². The van der Waals surface area contributed by atoms with E-state index in [2.05, 4.69) is 26.1 Å². The van der Waals surface area contributed by atoms with E-state index in [1.807, 2.05) is 73.0 Å². The molecule has 0 bridgehead atoms. The highest BCUT2D eigenvalue weighted by atomic mass is 35.5. The van der Waals surface area contributed by atoms with Crippen molar-refractivity contribution in [2.75, 3.05) is 17.2 Å². The van der Waals surface area contributed by atoms with Gasteiger partial charge in [0, 0.05) is 43.5 Å². The number of nitrogens with one attached hydrogen (secondary N) is 3. The fourth-order valence-corrected chi connectivity index (χ4v) is 4.91. The molecule has 3 N–H and O–H groups in total. The van der Waals surface area contributed by atoms with Gasteiger partial charge in [-0.1, -0.05) is 53.0 Å². The molecule has 0 fully saturated rings. The van der Waals surface area contributed by atoms with Crippen LogP contribution in [0.3, 0.4) is 0 Å². The van der Waals surface area contributed by atoms with Crippen LogP contribution in [-0.4, -0.2) is 29.6 Å². The Bertz CT molecular complexity index is 1760. The van der Waals surface area contributed by atoms with Gasteiger partial charge >= 0.3 is 0 Å². The molecule has 0 atom stereocenters. The summed E-state index contributed by atoms with van der Waals surface area (Å²) in [5.41, 5.74) is 7.74. The Morgan fingerprint density at radius 2 is 1.60 bits per heavy atom. The first-order valence-corrected chi connectivity index (χ1v) is 14.7. The summed E-state index contributed by atoms with van der Waals surface area (Å²) >= 11 is 13.6. The van der Waals surface area contributed by atoms with Crippen LogP contribution in [0.25, 0.3) is 11.3 Å². The average Bonchev–Trinajstić information content (AvgIpc) is 3.47. The van der Waals surface area contributed by atoms with E-state index in [0.29, 0.717) is 32.6 Å². The summed E-state index contributed by atoms with van der Waals surface area (Å²) in [5.74, 6) is -0.322. The van der Waals surface area contributed by atoms with Gasteiger partial charge in [-0.3, -0.25) is 9.59 Å². The minimum atomic E-state index is -0.395. The molecule has 0 aliphatic heterocycles. The van der Waals surface area contributed by atoms with Gasteiger partial charge in [-0.05, 0) is 73.7 Å². The fraction of sp³-hybridized carbons (Fsp3) is 0.0625. The van der Waals surface area contributed by atoms with Crippen molar-refractivity contribution in [3.8, 4) is 17.0 Å². The summed E-state index contributed by atoms with van der Waals surface area (Å²) in [6.45, 7) is 1.76. The summed E-state index contributed by atoms with van der Waals surface area (Å²) in [4.78, 5) is 29.7. The van der Waals surface area contributed by atoms with Gasteiger partial charge in [0.05, 0.1) is 11.9 Å². The number of ether oxygens (including phenoxy) is 1. The van der Waals surface area contributed by atoms with Gasteiger partial charge in [-0.25, -0.2) is 10.4 Å². The number of aromatic nitrogens is 1. The van der Waals surface area contributed by atoms with Gasteiger partial charge in [-0.2, -0.15) is 5.10 Å². The molecule has 5 aromatic rings. The first kappa shape index (κ1) is 29.8. The summed E-state index contributed by atoms with van der Waals surface area (Å²) in [7, 11) is 0. The second-order valence-corrected chi connectivity index (χ2v) is 11.1. The van der Waals surface area contributed by atoms with Crippen LogP contribution in [-0.2, 0) is 4.79 Å². The summed E-state index contributed by atoms with van der Waals surface area (Å²) in [6.07, 6.45) is 1.41. The van der Waals surface area contributed by atoms with Gasteiger partial charge in [0.25, 0.3) is 11.8 Å². The molecule has 0 unspecified atom stereocenters. The molecule has 216 valence electrons. The number of amides is 2. The zero-order chi connectivity index (χ0) is 30.2. The van der Waals surface area contributed by atoms with Gasteiger partial charge in [0.2, 0.25) is 0 Å². The minimum absolute atomic E-state index is 0.216. The maximum atomic E-state index is 12.7. The third kappa shape index (κ3) is 8.42. The number of thiazole rings is 1. The second-order valence-electron chi connectivity index (χ2n) is 9.33. The van der Waals surface area contributed by atoms with E-state index in [1.165, 1.54) is 17.6 Å². The number of rotatable bonds is 10. The molecule has 0 aliphatic rings. The highest BCUT2D eigenvalue weighted by Crippen LogP contribution is 2.28. The summed E-state index contributed by atoms with van der Waals surface area (Å²) in [6, 6.07) is 26.8. The molecule has 8 nitrogen and oxygen atoms in total. The van der Waals surface area contributed by atoms with Crippen LogP contribution in [0.15, 0.2) is 101 Å². The molecule has 1 aromatic heterocycles. The topological polar surface area (TPSA) is 105 Å². The molecule has 0 radical (unpaired) electrons. The van der Waals surface area contributed by atoms with Crippen LogP contribution in [0.2, 0.25) is 10.0 Å². The maximum Gasteiger partial charge on any atom is 0.271 e. The molecule has 0 spiro atoms. The average molecular weight is 631 g/mol. The summed E-state index contributed by atoms with van der Waals surface area (Å²) in [5, 5.41) is 13.9. The standard InChI is InChI=1S/C32H25Cl2N5O3S/c1-20-2-11-26(12-3-20)36-30(40)18-42-29-15-10-25(34)16-23(29)17-35-39-31(41)22-6-4-21(5-7-22)28-19-43-32(38-28)37-27-13-8-24(33)9-14-27/h2-17,19H,18H2,1H3,(H,36,40)(H,37,38)(H,39,41)/b35-17-. The Morgan fingerprint density at radius 1 is 0.907 bits per heavy atom. The Hall–Kier alpha value is -4.70. The van der Waals surface area contributed by atoms with Crippen LogP contribution in [0, 0.1) is 6.92 Å². The van der Waals surface area contributed by atoms with E-state index in [1.54, 1.807) is 30.3 Å². The maximum absolute atomic E-state index is 12.7. The lowest BCUT2D eigenvalue weighted by Gasteiger charge is -2.10. The number of hydrogen-bond acceptors (Lipinski definition) is 7. The molecule has 4 aromatic carbocycles. The lowest BCUT2D eigenvalue weighted by molar-refractivity contribution is -0.118. The van der Waals surface area contributed by atoms with Gasteiger partial charge in [0.1, 0.15) is 5.75 Å². The van der Waals surface area contributed by atoms with E-state index in [9.17, 15) is 9.59 Å². The van der Waals surface area contributed by atoms with Crippen LogP contribution in [0.1, 0.15) is 21.5 Å². The largest absolute Gasteiger partial charge is 0.483 e. The van der Waals surface area contributed by atoms with Crippen LogP contribution < -0.4 is 20.8 Å². The number of carbonyl (C=O) groups excluding carboxylic acids is 2. The molecule has 43 heavy (non-hydrogen) atoms. The Morgan fingerprint density at radius 3 is 2.35 bits per heavy atom. The molecule has 11 heteroatoms. The SMILES string of the molecule is Cc1ccc(NC(=O)COc2ccc(Cl)cc2/C=N\NC(=O)c2ccc(-c3csc(Nc4ccc(Cl)cc4)n3)cc2)cc1. The van der Waals surface area contributed by atoms with Crippen molar-refractivity contribution in [1.29, 1.82) is 0 Å². The molecule has 0 saturated heterocycles. The van der Waals surface area contributed by atoms with E-state index < -0.39 is 5.91 Å². The Balaban J connectivity index is 1.16. The van der Waals surface area contributed by atoms with Crippen LogP contribution in [0.4, 0.5) is 16.5 Å². The number of anilines is 3. The summed E-state index contributed by atoms with van der Waals surface area (Å²) < 4.78 is 5.70. The lowest BCUT2D eigenvalue weighted by Crippen LogP contribution is -2.20. The monoisotopic (exact) mass is 629 g/mol. The van der Waals surface area contributed by atoms with Gasteiger partial charge < -0.3 is 15.4 Å². The van der Waals surface area contributed by atoms with E-state index >= 15 is 0 Å². The number of hydrazone groups is 1. The fourth-order valence-electron chi connectivity index (χ4n) is 3.87. The number of aryl methyl sites for hydroxylation is 1. The van der Waals surface area contributed by atoms with E-state index in [4.69, 9.17) is 27.9 Å². The number of halogens is 2. The number of nitrogens with zero attached hydrogens (tertiary/aromatic N) is 2. The first-order valence-electron chi connectivity index (χ1n) is 13.0. The number of hydrogen-bond donors (Lipinski definition) is 3. The molecule has 0 aliphatic carbocycles. The molecular formula is C32H25Cl2N5O3S. The molecule has 2 amide bonds. The predicted molar refractivity (Wildman–Crippen MR) is 174 cm³/mol. The third-order valence-corrected chi connectivity index (χ3v) is 7.32. The first-order chi connectivity index (χ1) is 20.8. The van der Waals surface area contributed by atoms with Crippen molar-refractivity contribution in [3.05, 3.63) is 123 Å². The molecule has 1 heterocycles. The van der Waals surface area contributed by atoms with Crippen LogP contribution >= 0.6 is 34.5 Å². The van der Waals surface area contributed by atoms with Crippen molar-refractivity contribution in [2.45, 2.75) is 6.92 Å². The minimum Gasteiger partial charge on any atom is -0.483 e. The third-order valence-electron chi connectivity index (χ3n) is 6.08. The molecule has 0 saturated carbocycles. The van der Waals surface area contributed by atoms with Crippen molar-refractivity contribution in [2.24, 2.45) is 5.10 Å². The zero-order valence-corrected chi connectivity index (χ0v) is 25.1. The predicted octanol–water partition coefficient (Wildman–Crippen LogP) is 7.95. The van der Waals surface area contributed by atoms with E-state index in [0.717, 1.165) is 27.6 Å². The van der Waals surface area contributed by atoms with Gasteiger partial charge in [0.15, 0.2) is 11.7 Å². The number of benzene rings is 4. The van der Waals surface area contributed by atoms with Gasteiger partial charge in [-0.15, -0.1) is 11.3 Å². The van der Waals surface area contributed by atoms with Crippen molar-refractivity contribution < 1.29 is 14.3 Å². The molecule has 5 rings (SSSR count). The van der Waals surface area contributed by atoms with Crippen molar-refractivity contribution >= 4 is 69.1 Å². The normalized spacial score (nSPS) is 10.9. The van der Waals surface area contributed by atoms with Crippen LogP contribution in [0.5, 0.6) is 5.75 Å². The van der Waals surface area contributed by atoms with Crippen molar-refractivity contribution in [1.82, 2.24) is 10.4 Å². The smallest absolute Gasteiger partial charge is 0.271 e. The Labute approximate surface area is 262 Å². The quantitative estimate of drug-likeness (QED) is 0.107. The Kier molecular flexibility index (Phi) is 9.68. The molecular weight excluding hydrogens is 605 g/mol. The zero-order valence-electron chi connectivity index (χ0n) is 22.8. The second kappa shape index (κ2) is 14.0. The lowest BCUT2D eigenvalue weighted by atomic mass is 10.1. The number of carbonyl (C=O) groups is 2. The highest BCUT2D eigenvalue weighted by molar-refractivity contribution is 7.14. The van der Waals surface area contributed by atoms with Crippen molar-refractivity contribution in [3.63, 3.8) is 0 Å².